The van der Waals surface area contributed by atoms with E-state index in [4.69, 9.17) is 25.8 Å². The molecule has 0 N–H and O–H groups in total. The van der Waals surface area contributed by atoms with Crippen molar-refractivity contribution < 1.29 is 19.0 Å². The third-order valence-corrected chi connectivity index (χ3v) is 7.88. The molecule has 0 saturated heterocycles. The summed E-state index contributed by atoms with van der Waals surface area (Å²) in [5, 5.41) is 0.628. The molecular formula is C32H29ClN2O5S. The smallest absolute Gasteiger partial charge is 0.338 e. The van der Waals surface area contributed by atoms with Crippen LogP contribution in [0.2, 0.25) is 5.02 Å². The number of allylic oxidation sites excluding steroid dienone is 1. The SMILES string of the molecule is COc1cc(C=c2sc3n(c2=O)C(c2ccccc2)C(C(=O)OC(C)C)=C(C)N=3)ccc1OCc1ccccc1Cl. The molecule has 5 rings (SSSR count). The molecule has 210 valence electrons. The summed E-state index contributed by atoms with van der Waals surface area (Å²) in [4.78, 5) is 32.2. The van der Waals surface area contributed by atoms with Crippen LogP contribution in [0.3, 0.4) is 0 Å². The average Bonchev–Trinajstić information content (AvgIpc) is 3.26. The van der Waals surface area contributed by atoms with Gasteiger partial charge in [0, 0.05) is 10.6 Å². The molecule has 9 heteroatoms. The van der Waals surface area contributed by atoms with Gasteiger partial charge in [0.25, 0.3) is 5.56 Å². The standard InChI is InChI=1S/C32H29ClN2O5S/c1-19(2)40-31(37)28-20(3)34-32-35(29(28)22-10-6-5-7-11-22)30(36)27(41-32)17-21-14-15-25(26(16-21)38-4)39-18-23-12-8-9-13-24(23)33/h5-17,19,29H,18H2,1-4H3. The molecule has 1 atom stereocenters. The number of methoxy groups -OCH3 is 1. The number of benzene rings is 3. The number of hydrogen-bond donors (Lipinski definition) is 0. The van der Waals surface area contributed by atoms with Crippen LogP contribution in [0.25, 0.3) is 6.08 Å². The molecule has 0 aliphatic carbocycles. The molecule has 0 radical (unpaired) electrons. The number of nitrogens with zero attached hydrogens (tertiary/aromatic N) is 2. The highest BCUT2D eigenvalue weighted by Crippen LogP contribution is 2.32. The monoisotopic (exact) mass is 588 g/mol. The van der Waals surface area contributed by atoms with Crippen LogP contribution in [0.15, 0.2) is 93.9 Å². The maximum absolute atomic E-state index is 13.9. The van der Waals surface area contributed by atoms with Gasteiger partial charge < -0.3 is 14.2 Å². The van der Waals surface area contributed by atoms with Crippen molar-refractivity contribution in [2.24, 2.45) is 4.99 Å². The molecule has 1 aliphatic heterocycles. The maximum atomic E-state index is 13.9. The predicted molar refractivity (Wildman–Crippen MR) is 160 cm³/mol. The largest absolute Gasteiger partial charge is 0.493 e. The van der Waals surface area contributed by atoms with Gasteiger partial charge in [-0.1, -0.05) is 77.5 Å². The van der Waals surface area contributed by atoms with Crippen molar-refractivity contribution in [3.05, 3.63) is 125 Å². The minimum atomic E-state index is -0.657. The van der Waals surface area contributed by atoms with Gasteiger partial charge in [-0.25, -0.2) is 9.79 Å². The molecule has 2 heterocycles. The Labute approximate surface area is 246 Å². The van der Waals surface area contributed by atoms with Crippen LogP contribution >= 0.6 is 22.9 Å². The Bertz CT molecular complexity index is 1810. The van der Waals surface area contributed by atoms with Gasteiger partial charge in [-0.15, -0.1) is 0 Å². The second kappa shape index (κ2) is 12.2. The molecular weight excluding hydrogens is 560 g/mol. The summed E-state index contributed by atoms with van der Waals surface area (Å²) in [5.74, 6) is 0.593. The van der Waals surface area contributed by atoms with Crippen LogP contribution in [0.4, 0.5) is 0 Å². The third kappa shape index (κ3) is 5.99. The summed E-state index contributed by atoms with van der Waals surface area (Å²) in [5.41, 5.74) is 3.05. The van der Waals surface area contributed by atoms with Gasteiger partial charge >= 0.3 is 5.97 Å². The number of halogens is 1. The zero-order chi connectivity index (χ0) is 29.1. The lowest BCUT2D eigenvalue weighted by atomic mass is 9.96. The van der Waals surface area contributed by atoms with Crippen LogP contribution in [0.1, 0.15) is 43.5 Å². The third-order valence-electron chi connectivity index (χ3n) is 6.53. The van der Waals surface area contributed by atoms with Gasteiger partial charge in [0.15, 0.2) is 16.3 Å². The molecule has 7 nitrogen and oxygen atoms in total. The molecule has 0 spiro atoms. The van der Waals surface area contributed by atoms with Crippen molar-refractivity contribution in [3.63, 3.8) is 0 Å². The lowest BCUT2D eigenvalue weighted by Crippen LogP contribution is -2.40. The van der Waals surface area contributed by atoms with Gasteiger partial charge in [0.1, 0.15) is 6.61 Å². The summed E-state index contributed by atoms with van der Waals surface area (Å²) in [7, 11) is 1.57. The van der Waals surface area contributed by atoms with E-state index >= 15 is 0 Å². The Hall–Kier alpha value is -4.14. The van der Waals surface area contributed by atoms with E-state index < -0.39 is 12.0 Å². The second-order valence-corrected chi connectivity index (χ2v) is 11.2. The number of fused-ring (bicyclic) bond motifs is 1. The van der Waals surface area contributed by atoms with Crippen molar-refractivity contribution in [2.45, 2.75) is 39.5 Å². The normalized spacial score (nSPS) is 15.0. The Morgan fingerprint density at radius 2 is 1.80 bits per heavy atom. The van der Waals surface area contributed by atoms with E-state index in [2.05, 4.69) is 4.99 Å². The fourth-order valence-electron chi connectivity index (χ4n) is 4.63. The van der Waals surface area contributed by atoms with Crippen LogP contribution in [-0.2, 0) is 16.1 Å². The molecule has 1 aliphatic rings. The molecule has 0 fully saturated rings. The Morgan fingerprint density at radius 3 is 2.51 bits per heavy atom. The zero-order valence-corrected chi connectivity index (χ0v) is 24.7. The first kappa shape index (κ1) is 28.4. The summed E-state index contributed by atoms with van der Waals surface area (Å²) < 4.78 is 19.2. The first-order chi connectivity index (χ1) is 19.8. The van der Waals surface area contributed by atoms with Crippen LogP contribution in [0, 0.1) is 0 Å². The fraction of sp³-hybridized carbons (Fsp3) is 0.219. The van der Waals surface area contributed by atoms with Crippen LogP contribution < -0.4 is 24.4 Å². The minimum absolute atomic E-state index is 0.247. The quantitative estimate of drug-likeness (QED) is 0.257. The highest BCUT2D eigenvalue weighted by Gasteiger charge is 2.33. The van der Waals surface area contributed by atoms with Crippen molar-refractivity contribution >= 4 is 35.0 Å². The lowest BCUT2D eigenvalue weighted by Gasteiger charge is -2.25. The van der Waals surface area contributed by atoms with Gasteiger partial charge in [-0.05, 0) is 56.2 Å². The number of aromatic nitrogens is 1. The number of esters is 1. The highest BCUT2D eigenvalue weighted by molar-refractivity contribution is 7.07. The second-order valence-electron chi connectivity index (χ2n) is 9.74. The van der Waals surface area contributed by atoms with Crippen molar-refractivity contribution in [1.82, 2.24) is 4.57 Å². The average molecular weight is 589 g/mol. The van der Waals surface area contributed by atoms with E-state index in [1.54, 1.807) is 44.6 Å². The Kier molecular flexibility index (Phi) is 8.42. The number of rotatable bonds is 8. The lowest BCUT2D eigenvalue weighted by molar-refractivity contribution is -0.143. The highest BCUT2D eigenvalue weighted by atomic mass is 35.5. The first-order valence-corrected chi connectivity index (χ1v) is 14.3. The summed E-state index contributed by atoms with van der Waals surface area (Å²) in [6.07, 6.45) is 1.48. The van der Waals surface area contributed by atoms with Crippen LogP contribution in [-0.4, -0.2) is 23.8 Å². The topological polar surface area (TPSA) is 79.1 Å². The molecule has 1 aromatic heterocycles. The maximum Gasteiger partial charge on any atom is 0.338 e. The number of carbonyl (C=O) groups excluding carboxylic acids is 1. The van der Waals surface area contributed by atoms with Crippen molar-refractivity contribution in [1.29, 1.82) is 0 Å². The van der Waals surface area contributed by atoms with Gasteiger partial charge in [-0.2, -0.15) is 0 Å². The van der Waals surface area contributed by atoms with Crippen molar-refractivity contribution in [3.8, 4) is 11.5 Å². The zero-order valence-electron chi connectivity index (χ0n) is 23.1. The molecule has 0 saturated carbocycles. The fourth-order valence-corrected chi connectivity index (χ4v) is 5.86. The first-order valence-electron chi connectivity index (χ1n) is 13.1. The molecule has 0 amide bonds. The van der Waals surface area contributed by atoms with E-state index in [1.165, 1.54) is 11.3 Å². The Morgan fingerprint density at radius 1 is 1.07 bits per heavy atom. The predicted octanol–water partition coefficient (Wildman–Crippen LogP) is 5.43. The van der Waals surface area contributed by atoms with E-state index in [0.29, 0.717) is 37.1 Å². The van der Waals surface area contributed by atoms with Gasteiger partial charge in [0.2, 0.25) is 0 Å². The summed E-state index contributed by atoms with van der Waals surface area (Å²) >= 11 is 7.53. The van der Waals surface area contributed by atoms with Crippen molar-refractivity contribution in [2.75, 3.05) is 7.11 Å². The van der Waals surface area contributed by atoms with E-state index in [1.807, 2.05) is 66.7 Å². The number of ether oxygens (including phenoxy) is 3. The molecule has 4 aromatic rings. The molecule has 41 heavy (non-hydrogen) atoms. The minimum Gasteiger partial charge on any atom is -0.493 e. The van der Waals surface area contributed by atoms with E-state index in [0.717, 1.165) is 16.7 Å². The molecule has 0 bridgehead atoms. The summed E-state index contributed by atoms with van der Waals surface area (Å²) in [6.45, 7) is 5.65. The van der Waals surface area contributed by atoms with E-state index in [-0.39, 0.29) is 18.3 Å². The Balaban J connectivity index is 1.54. The van der Waals surface area contributed by atoms with Crippen LogP contribution in [0.5, 0.6) is 11.5 Å². The summed E-state index contributed by atoms with van der Waals surface area (Å²) in [6, 6.07) is 21.8. The molecule has 1 unspecified atom stereocenters. The molecule has 3 aromatic carbocycles. The van der Waals surface area contributed by atoms with Gasteiger partial charge in [0.05, 0.1) is 35.1 Å². The van der Waals surface area contributed by atoms with Gasteiger partial charge in [-0.3, -0.25) is 9.36 Å². The number of hydrogen-bond acceptors (Lipinski definition) is 7. The van der Waals surface area contributed by atoms with E-state index in [9.17, 15) is 9.59 Å². The number of carbonyl (C=O) groups is 1. The number of thiazole rings is 1.